The summed E-state index contributed by atoms with van der Waals surface area (Å²) >= 11 is 0. The van der Waals surface area contributed by atoms with E-state index in [0.29, 0.717) is 0 Å². The van der Waals surface area contributed by atoms with E-state index in [2.05, 4.69) is 19.2 Å². The highest BCUT2D eigenvalue weighted by atomic mass is 16.2. The number of aryl methyl sites for hydroxylation is 1. The second kappa shape index (κ2) is 7.04. The molecule has 1 rings (SSSR count). The lowest BCUT2D eigenvalue weighted by Gasteiger charge is -2.17. The third-order valence-corrected chi connectivity index (χ3v) is 2.94. The van der Waals surface area contributed by atoms with Gasteiger partial charge in [-0.1, -0.05) is 13.8 Å². The summed E-state index contributed by atoms with van der Waals surface area (Å²) in [6.45, 7) is 8.01. The topological polar surface area (TPSA) is 32.3 Å². The summed E-state index contributed by atoms with van der Waals surface area (Å²) in [5, 5.41) is 3.36. The van der Waals surface area contributed by atoms with E-state index in [0.717, 1.165) is 42.7 Å². The molecule has 0 aliphatic carbocycles. The number of hydrogen-bond donors (Lipinski definition) is 1. The molecular formula is C15H24N2O. The molecule has 0 heterocycles. The molecule has 100 valence electrons. The van der Waals surface area contributed by atoms with Gasteiger partial charge in [0.15, 0.2) is 0 Å². The maximum Gasteiger partial charge on any atom is 0.253 e. The molecule has 0 aliphatic rings. The third kappa shape index (κ3) is 3.76. The Morgan fingerprint density at radius 1 is 1.28 bits per heavy atom. The first-order chi connectivity index (χ1) is 8.60. The Labute approximate surface area is 110 Å². The van der Waals surface area contributed by atoms with Crippen LogP contribution in [0.1, 0.15) is 42.6 Å². The number of anilines is 1. The molecule has 0 radical (unpaired) electrons. The van der Waals surface area contributed by atoms with Crippen LogP contribution in [0.25, 0.3) is 0 Å². The highest BCUT2D eigenvalue weighted by Gasteiger charge is 2.11. The molecule has 3 heteroatoms. The summed E-state index contributed by atoms with van der Waals surface area (Å²) in [5.41, 5.74) is 3.01. The van der Waals surface area contributed by atoms with Crippen molar-refractivity contribution in [2.75, 3.05) is 25.5 Å². The van der Waals surface area contributed by atoms with Gasteiger partial charge >= 0.3 is 0 Å². The number of hydrogen-bond acceptors (Lipinski definition) is 2. The molecule has 0 fully saturated rings. The van der Waals surface area contributed by atoms with Crippen LogP contribution in [0.4, 0.5) is 5.69 Å². The van der Waals surface area contributed by atoms with Crippen molar-refractivity contribution in [3.05, 3.63) is 29.3 Å². The summed E-state index contributed by atoms with van der Waals surface area (Å²) in [5.74, 6) is 0.0991. The fourth-order valence-corrected chi connectivity index (χ4v) is 1.91. The molecule has 1 aromatic rings. The summed E-state index contributed by atoms with van der Waals surface area (Å²) in [4.78, 5) is 13.9. The average Bonchev–Trinajstić information content (AvgIpc) is 2.36. The van der Waals surface area contributed by atoms with E-state index in [1.165, 1.54) is 0 Å². The SMILES string of the molecule is CCCNc1ccc(C(=O)N(C)CCC)cc1C. The molecule has 0 aliphatic heterocycles. The average molecular weight is 248 g/mol. The minimum atomic E-state index is 0.0991. The summed E-state index contributed by atoms with van der Waals surface area (Å²) in [6.07, 6.45) is 2.08. The van der Waals surface area contributed by atoms with Gasteiger partial charge in [-0.2, -0.15) is 0 Å². The molecule has 18 heavy (non-hydrogen) atoms. The van der Waals surface area contributed by atoms with Gasteiger partial charge in [0.1, 0.15) is 0 Å². The quantitative estimate of drug-likeness (QED) is 0.837. The Kier molecular flexibility index (Phi) is 5.69. The highest BCUT2D eigenvalue weighted by molar-refractivity contribution is 5.94. The Hall–Kier alpha value is -1.51. The van der Waals surface area contributed by atoms with Crippen molar-refractivity contribution >= 4 is 11.6 Å². The summed E-state index contributed by atoms with van der Waals surface area (Å²) in [7, 11) is 1.85. The van der Waals surface area contributed by atoms with E-state index in [1.54, 1.807) is 4.90 Å². The Morgan fingerprint density at radius 2 is 2.00 bits per heavy atom. The Balaban J connectivity index is 2.80. The number of rotatable bonds is 6. The molecule has 0 aromatic heterocycles. The van der Waals surface area contributed by atoms with Crippen molar-refractivity contribution in [3.63, 3.8) is 0 Å². The lowest BCUT2D eigenvalue weighted by atomic mass is 10.1. The van der Waals surface area contributed by atoms with Crippen LogP contribution in [0.15, 0.2) is 18.2 Å². The Bertz CT molecular complexity index is 401. The molecule has 3 nitrogen and oxygen atoms in total. The van der Waals surface area contributed by atoms with Crippen LogP contribution in [-0.4, -0.2) is 30.9 Å². The minimum absolute atomic E-state index is 0.0991. The van der Waals surface area contributed by atoms with Gasteiger partial charge in [0.05, 0.1) is 0 Å². The van der Waals surface area contributed by atoms with Gasteiger partial charge in [-0.3, -0.25) is 4.79 Å². The largest absolute Gasteiger partial charge is 0.385 e. The molecule has 0 unspecified atom stereocenters. The van der Waals surface area contributed by atoms with E-state index in [9.17, 15) is 4.79 Å². The van der Waals surface area contributed by atoms with Gasteiger partial charge in [0.2, 0.25) is 0 Å². The zero-order chi connectivity index (χ0) is 13.5. The number of amides is 1. The molecule has 0 bridgehead atoms. The molecule has 0 saturated heterocycles. The maximum absolute atomic E-state index is 12.1. The van der Waals surface area contributed by atoms with Gasteiger partial charge in [0, 0.05) is 31.4 Å². The van der Waals surface area contributed by atoms with E-state index < -0.39 is 0 Å². The lowest BCUT2D eigenvalue weighted by Crippen LogP contribution is -2.27. The summed E-state index contributed by atoms with van der Waals surface area (Å²) < 4.78 is 0. The van der Waals surface area contributed by atoms with Crippen molar-refractivity contribution < 1.29 is 4.79 Å². The maximum atomic E-state index is 12.1. The first kappa shape index (κ1) is 14.6. The van der Waals surface area contributed by atoms with Crippen molar-refractivity contribution in [3.8, 4) is 0 Å². The standard InChI is InChI=1S/C15H24N2O/c1-5-9-16-14-8-7-13(11-12(14)3)15(18)17(4)10-6-2/h7-8,11,16H,5-6,9-10H2,1-4H3. The summed E-state index contributed by atoms with van der Waals surface area (Å²) in [6, 6.07) is 5.87. The van der Waals surface area contributed by atoms with Crippen LogP contribution in [-0.2, 0) is 0 Å². The highest BCUT2D eigenvalue weighted by Crippen LogP contribution is 2.17. The predicted octanol–water partition coefficient (Wildman–Crippen LogP) is 3.30. The molecule has 0 saturated carbocycles. The number of benzene rings is 1. The fraction of sp³-hybridized carbons (Fsp3) is 0.533. The number of carbonyl (C=O) groups excluding carboxylic acids is 1. The van der Waals surface area contributed by atoms with Crippen molar-refractivity contribution in [1.82, 2.24) is 4.90 Å². The monoisotopic (exact) mass is 248 g/mol. The van der Waals surface area contributed by atoms with Gasteiger partial charge in [0.25, 0.3) is 5.91 Å². The first-order valence-electron chi connectivity index (χ1n) is 6.70. The normalized spacial score (nSPS) is 10.2. The van der Waals surface area contributed by atoms with Gasteiger partial charge in [-0.25, -0.2) is 0 Å². The third-order valence-electron chi connectivity index (χ3n) is 2.94. The van der Waals surface area contributed by atoms with Crippen LogP contribution in [0.3, 0.4) is 0 Å². The smallest absolute Gasteiger partial charge is 0.253 e. The Morgan fingerprint density at radius 3 is 2.56 bits per heavy atom. The molecule has 1 N–H and O–H groups in total. The lowest BCUT2D eigenvalue weighted by molar-refractivity contribution is 0.0795. The zero-order valence-corrected chi connectivity index (χ0v) is 11.9. The van der Waals surface area contributed by atoms with E-state index >= 15 is 0 Å². The number of carbonyl (C=O) groups is 1. The van der Waals surface area contributed by atoms with E-state index in [1.807, 2.05) is 32.2 Å². The molecule has 0 atom stereocenters. The number of nitrogens with zero attached hydrogens (tertiary/aromatic N) is 1. The van der Waals surface area contributed by atoms with Crippen LogP contribution >= 0.6 is 0 Å². The number of nitrogens with one attached hydrogen (secondary N) is 1. The second-order valence-corrected chi connectivity index (χ2v) is 4.68. The van der Waals surface area contributed by atoms with Crippen LogP contribution in [0, 0.1) is 6.92 Å². The fourth-order valence-electron chi connectivity index (χ4n) is 1.91. The first-order valence-corrected chi connectivity index (χ1v) is 6.70. The van der Waals surface area contributed by atoms with E-state index in [-0.39, 0.29) is 5.91 Å². The van der Waals surface area contributed by atoms with Crippen molar-refractivity contribution in [2.45, 2.75) is 33.6 Å². The van der Waals surface area contributed by atoms with Crippen LogP contribution in [0.2, 0.25) is 0 Å². The molecule has 1 aromatic carbocycles. The van der Waals surface area contributed by atoms with Crippen LogP contribution in [0.5, 0.6) is 0 Å². The molecule has 0 spiro atoms. The van der Waals surface area contributed by atoms with Crippen LogP contribution < -0.4 is 5.32 Å². The van der Waals surface area contributed by atoms with Crippen molar-refractivity contribution in [2.24, 2.45) is 0 Å². The minimum Gasteiger partial charge on any atom is -0.385 e. The molecular weight excluding hydrogens is 224 g/mol. The van der Waals surface area contributed by atoms with Gasteiger partial charge < -0.3 is 10.2 Å². The van der Waals surface area contributed by atoms with E-state index in [4.69, 9.17) is 0 Å². The van der Waals surface area contributed by atoms with Gasteiger partial charge in [-0.05, 0) is 43.5 Å². The van der Waals surface area contributed by atoms with Gasteiger partial charge in [-0.15, -0.1) is 0 Å². The predicted molar refractivity (Wildman–Crippen MR) is 77.2 cm³/mol. The zero-order valence-electron chi connectivity index (χ0n) is 11.9. The second-order valence-electron chi connectivity index (χ2n) is 4.68. The van der Waals surface area contributed by atoms with Crippen molar-refractivity contribution in [1.29, 1.82) is 0 Å². The molecule has 1 amide bonds.